The van der Waals surface area contributed by atoms with Gasteiger partial charge < -0.3 is 20.5 Å². The highest BCUT2D eigenvalue weighted by molar-refractivity contribution is 5.98. The van der Waals surface area contributed by atoms with Gasteiger partial charge in [0.15, 0.2) is 0 Å². The van der Waals surface area contributed by atoms with E-state index >= 15 is 0 Å². The Bertz CT molecular complexity index is 1320. The van der Waals surface area contributed by atoms with Gasteiger partial charge in [0.2, 0.25) is 0 Å². The van der Waals surface area contributed by atoms with Crippen molar-refractivity contribution < 1.29 is 28.4 Å². The fourth-order valence-electron chi connectivity index (χ4n) is 3.46. The summed E-state index contributed by atoms with van der Waals surface area (Å²) in [5, 5.41) is 15.3. The molecule has 1 aromatic heterocycles. The Balaban J connectivity index is 1.71. The second-order valence-corrected chi connectivity index (χ2v) is 8.43. The smallest absolute Gasteiger partial charge is 0.315 e. The van der Waals surface area contributed by atoms with Crippen LogP contribution in [-0.2, 0) is 11.3 Å². The van der Waals surface area contributed by atoms with E-state index in [1.807, 2.05) is 40.3 Å². The van der Waals surface area contributed by atoms with Crippen molar-refractivity contribution >= 4 is 17.8 Å². The molecule has 0 aliphatic heterocycles. The van der Waals surface area contributed by atoms with Crippen LogP contribution in [0.2, 0.25) is 0 Å². The molecule has 10 nitrogen and oxygen atoms in total. The van der Waals surface area contributed by atoms with E-state index in [0.29, 0.717) is 12.1 Å². The molecular weight excluding hydrogens is 498 g/mol. The van der Waals surface area contributed by atoms with Crippen LogP contribution < -0.4 is 21.4 Å². The third-order valence-electron chi connectivity index (χ3n) is 5.69. The Morgan fingerprint density at radius 3 is 2.16 bits per heavy atom. The molecule has 3 rings (SSSR count). The number of imidazole rings is 1. The van der Waals surface area contributed by atoms with E-state index in [-0.39, 0.29) is 5.56 Å². The molecule has 0 saturated carbocycles. The van der Waals surface area contributed by atoms with Gasteiger partial charge in [0.05, 0.1) is 6.33 Å². The monoisotopic (exact) mass is 524 g/mol. The van der Waals surface area contributed by atoms with Crippen LogP contribution in [0.25, 0.3) is 0 Å². The maximum absolute atomic E-state index is 13.9. The maximum Gasteiger partial charge on any atom is 0.315 e. The molecule has 3 aromatic rings. The summed E-state index contributed by atoms with van der Waals surface area (Å²) < 4.78 is 29.7. The van der Waals surface area contributed by atoms with Crippen molar-refractivity contribution in [3.05, 3.63) is 89.5 Å². The first-order valence-corrected chi connectivity index (χ1v) is 11.4. The van der Waals surface area contributed by atoms with Gasteiger partial charge >= 0.3 is 6.03 Å². The minimum absolute atomic E-state index is 0.0479. The average molecular weight is 525 g/mol. The molecule has 0 saturated heterocycles. The molecule has 0 radical (unpaired) electrons. The predicted molar refractivity (Wildman–Crippen MR) is 133 cm³/mol. The Labute approximate surface area is 217 Å². The molecule has 2 atom stereocenters. The summed E-state index contributed by atoms with van der Waals surface area (Å²) in [7, 11) is 1.20. The number of urea groups is 1. The van der Waals surface area contributed by atoms with Gasteiger partial charge in [0.1, 0.15) is 11.6 Å². The van der Waals surface area contributed by atoms with Crippen molar-refractivity contribution in [2.75, 3.05) is 7.05 Å². The van der Waals surface area contributed by atoms with Crippen LogP contribution in [0.1, 0.15) is 34.0 Å². The van der Waals surface area contributed by atoms with Gasteiger partial charge in [-0.2, -0.15) is 0 Å². The van der Waals surface area contributed by atoms with Gasteiger partial charge in [0.25, 0.3) is 18.2 Å². The van der Waals surface area contributed by atoms with Crippen LogP contribution >= 0.6 is 0 Å². The first-order chi connectivity index (χ1) is 18.2. The quantitative estimate of drug-likeness (QED) is 0.174. The van der Waals surface area contributed by atoms with E-state index in [2.05, 4.69) is 27.5 Å². The Hall–Kier alpha value is -4.76. The summed E-state index contributed by atoms with van der Waals surface area (Å²) in [4.78, 5) is 40.6. The van der Waals surface area contributed by atoms with E-state index in [0.717, 1.165) is 18.1 Å². The normalized spacial score (nSPS) is 12.9. The zero-order valence-corrected chi connectivity index (χ0v) is 20.5. The zero-order valence-electron chi connectivity index (χ0n) is 20.5. The van der Waals surface area contributed by atoms with Gasteiger partial charge in [-0.3, -0.25) is 14.8 Å². The summed E-state index contributed by atoms with van der Waals surface area (Å²) in [5.41, 5.74) is 1.22. The van der Waals surface area contributed by atoms with Crippen molar-refractivity contribution in [3.8, 4) is 11.8 Å². The van der Waals surface area contributed by atoms with Crippen LogP contribution in [0.15, 0.2) is 67.3 Å². The number of benzene rings is 2. The average Bonchev–Trinajstić information content (AvgIpc) is 3.43. The van der Waals surface area contributed by atoms with Crippen LogP contribution in [0, 0.1) is 11.8 Å². The third-order valence-corrected chi connectivity index (χ3v) is 5.69. The highest BCUT2D eigenvalue weighted by atomic mass is 19.3. The van der Waals surface area contributed by atoms with E-state index in [9.17, 15) is 23.2 Å². The van der Waals surface area contributed by atoms with Crippen LogP contribution in [0.5, 0.6) is 0 Å². The summed E-state index contributed by atoms with van der Waals surface area (Å²) >= 11 is 0. The standard InChI is InChI=1S/C26H26F2N6O4/c1-26(24(27)28,32-25(37)29-2)21(23(36)33-38)31-22(35)20-11-9-18(10-12-20)4-3-17-5-7-19(8-6-17)15-34-14-13-30-16-34/h5-14,16,21,24,38H,15H2,1-2H3,(H,31,35)(H,33,36)(H2,29,32,37)/t21-,26?/m1/s1. The first-order valence-electron chi connectivity index (χ1n) is 11.4. The lowest BCUT2D eigenvalue weighted by atomic mass is 9.91. The summed E-state index contributed by atoms with van der Waals surface area (Å²) in [6.07, 6.45) is 2.04. The molecule has 2 aromatic carbocycles. The third kappa shape index (κ3) is 6.92. The van der Waals surface area contributed by atoms with Crippen molar-refractivity contribution in [2.45, 2.75) is 31.5 Å². The molecule has 4 amide bonds. The SMILES string of the molecule is CNC(=O)NC(C)(C(F)F)[C@H](NC(=O)c1ccc(C#Cc2ccc(Cn3ccnc3)cc2)cc1)C(=O)NO. The number of nitrogens with zero attached hydrogens (tertiary/aromatic N) is 2. The number of hydroxylamine groups is 1. The first kappa shape index (κ1) is 27.8. The molecule has 198 valence electrons. The fourth-order valence-corrected chi connectivity index (χ4v) is 3.46. The Morgan fingerprint density at radius 1 is 1.05 bits per heavy atom. The number of hydrogen-bond acceptors (Lipinski definition) is 5. The molecule has 1 heterocycles. The number of carbonyl (C=O) groups excluding carboxylic acids is 3. The van der Waals surface area contributed by atoms with E-state index in [1.165, 1.54) is 24.7 Å². The minimum atomic E-state index is -3.28. The predicted octanol–water partition coefficient (Wildman–Crippen LogP) is 1.89. The highest BCUT2D eigenvalue weighted by Crippen LogP contribution is 2.21. The molecule has 0 spiro atoms. The lowest BCUT2D eigenvalue weighted by Crippen LogP contribution is -2.69. The van der Waals surface area contributed by atoms with Gasteiger partial charge in [-0.15, -0.1) is 0 Å². The number of halogens is 2. The Kier molecular flexibility index (Phi) is 9.13. The molecule has 0 bridgehead atoms. The maximum atomic E-state index is 13.9. The number of rotatable bonds is 8. The number of alkyl halides is 2. The molecule has 1 unspecified atom stereocenters. The van der Waals surface area contributed by atoms with Crippen LogP contribution in [0.3, 0.4) is 0 Å². The summed E-state index contributed by atoms with van der Waals surface area (Å²) in [6, 6.07) is 10.6. The number of hydrogen-bond donors (Lipinski definition) is 5. The number of aromatic nitrogens is 2. The number of amides is 4. The zero-order chi connectivity index (χ0) is 27.7. The van der Waals surface area contributed by atoms with Gasteiger partial charge in [-0.1, -0.05) is 24.0 Å². The van der Waals surface area contributed by atoms with Crippen molar-refractivity contribution in [2.24, 2.45) is 0 Å². The Morgan fingerprint density at radius 2 is 1.66 bits per heavy atom. The van der Waals surface area contributed by atoms with Crippen molar-refractivity contribution in [1.82, 2.24) is 31.0 Å². The largest absolute Gasteiger partial charge is 0.341 e. The summed E-state index contributed by atoms with van der Waals surface area (Å²) in [6.45, 7) is 1.56. The molecule has 5 N–H and O–H groups in total. The second kappa shape index (κ2) is 12.5. The van der Waals surface area contributed by atoms with Crippen LogP contribution in [-0.4, -0.2) is 57.7 Å². The fraction of sp³-hybridized carbons (Fsp3) is 0.231. The molecule has 12 heteroatoms. The van der Waals surface area contributed by atoms with Crippen LogP contribution in [0.4, 0.5) is 13.6 Å². The van der Waals surface area contributed by atoms with Gasteiger partial charge in [-0.05, 0) is 48.9 Å². The van der Waals surface area contributed by atoms with Crippen molar-refractivity contribution in [3.63, 3.8) is 0 Å². The molecule has 38 heavy (non-hydrogen) atoms. The van der Waals surface area contributed by atoms with E-state index in [4.69, 9.17) is 5.21 Å². The van der Waals surface area contributed by atoms with Crippen molar-refractivity contribution in [1.29, 1.82) is 0 Å². The van der Waals surface area contributed by atoms with E-state index < -0.39 is 35.9 Å². The van der Waals surface area contributed by atoms with E-state index in [1.54, 1.807) is 24.7 Å². The molecule has 0 fully saturated rings. The summed E-state index contributed by atoms with van der Waals surface area (Å²) in [5.74, 6) is 3.79. The molecule has 0 aliphatic rings. The minimum Gasteiger partial charge on any atom is -0.341 e. The topological polar surface area (TPSA) is 137 Å². The van der Waals surface area contributed by atoms with Gasteiger partial charge in [-0.25, -0.2) is 24.0 Å². The van der Waals surface area contributed by atoms with Gasteiger partial charge in [0, 0.05) is 42.7 Å². The number of nitrogens with one attached hydrogen (secondary N) is 4. The molecular formula is C26H26F2N6O4. The lowest BCUT2D eigenvalue weighted by molar-refractivity contribution is -0.135. The second-order valence-electron chi connectivity index (χ2n) is 8.43. The molecule has 0 aliphatic carbocycles. The number of carbonyl (C=O) groups is 3. The highest BCUT2D eigenvalue weighted by Gasteiger charge is 2.48. The lowest BCUT2D eigenvalue weighted by Gasteiger charge is -2.36.